The van der Waals surface area contributed by atoms with Gasteiger partial charge in [0.1, 0.15) is 17.5 Å². The number of nitriles is 1. The number of fused-ring (bicyclic) bond motifs is 2. The molecule has 5 rings (SSSR count). The van der Waals surface area contributed by atoms with Gasteiger partial charge in [0.15, 0.2) is 5.78 Å². The summed E-state index contributed by atoms with van der Waals surface area (Å²) in [4.78, 5) is 36.2. The molecule has 2 aliphatic rings. The molecule has 7 nitrogen and oxygen atoms in total. The van der Waals surface area contributed by atoms with Gasteiger partial charge in [0.05, 0.1) is 26.6 Å². The SMILES string of the molecule is CN1C(=C(C#N)C(=O)CCC(=O)N2CCC(c3nc4ccccc4s3)CC2)N(C)c2ccccc21. The normalized spacial score (nSPS) is 15.9. The van der Waals surface area contributed by atoms with E-state index >= 15 is 0 Å². The molecule has 0 bridgehead atoms. The third kappa shape index (κ3) is 4.28. The summed E-state index contributed by atoms with van der Waals surface area (Å²) in [6, 6.07) is 18.0. The van der Waals surface area contributed by atoms with E-state index in [-0.39, 0.29) is 30.1 Å². The molecule has 0 aliphatic carbocycles. The molecule has 0 radical (unpaired) electrons. The van der Waals surface area contributed by atoms with Gasteiger partial charge in [-0.25, -0.2) is 4.98 Å². The molecule has 1 aromatic heterocycles. The highest BCUT2D eigenvalue weighted by molar-refractivity contribution is 7.18. The van der Waals surface area contributed by atoms with Crippen LogP contribution in [0.25, 0.3) is 10.2 Å². The summed E-state index contributed by atoms with van der Waals surface area (Å²) < 4.78 is 1.20. The maximum atomic E-state index is 13.0. The molecule has 0 unspecified atom stereocenters. The fourth-order valence-electron chi connectivity index (χ4n) is 5.00. The van der Waals surface area contributed by atoms with Gasteiger partial charge in [-0.05, 0) is 37.1 Å². The average molecular weight is 486 g/mol. The Kier molecular flexibility index (Phi) is 6.27. The van der Waals surface area contributed by atoms with Crippen molar-refractivity contribution in [3.05, 3.63) is 64.9 Å². The molecule has 178 valence electrons. The first-order valence-electron chi connectivity index (χ1n) is 11.8. The zero-order valence-corrected chi connectivity index (χ0v) is 20.7. The quantitative estimate of drug-likeness (QED) is 0.386. The van der Waals surface area contributed by atoms with E-state index in [1.54, 1.807) is 11.3 Å². The van der Waals surface area contributed by atoms with Gasteiger partial charge in [-0.3, -0.25) is 9.59 Å². The van der Waals surface area contributed by atoms with Crippen LogP contribution in [0.1, 0.15) is 36.6 Å². The van der Waals surface area contributed by atoms with Crippen LogP contribution in [0.4, 0.5) is 11.4 Å². The number of hydrogen-bond donors (Lipinski definition) is 0. The molecular formula is C27H27N5O2S. The number of piperidine rings is 1. The average Bonchev–Trinajstić information content (AvgIpc) is 3.43. The minimum absolute atomic E-state index is 0.0280. The number of amides is 1. The van der Waals surface area contributed by atoms with Crippen molar-refractivity contribution in [1.29, 1.82) is 5.26 Å². The second-order valence-corrected chi connectivity index (χ2v) is 10.1. The monoisotopic (exact) mass is 485 g/mol. The third-order valence-electron chi connectivity index (χ3n) is 6.93. The number of anilines is 2. The lowest BCUT2D eigenvalue weighted by Gasteiger charge is -2.31. The number of para-hydroxylation sites is 3. The first-order valence-corrected chi connectivity index (χ1v) is 12.7. The van der Waals surface area contributed by atoms with Crippen molar-refractivity contribution in [2.75, 3.05) is 37.0 Å². The minimum atomic E-state index is -0.299. The number of thiazole rings is 1. The van der Waals surface area contributed by atoms with E-state index in [0.717, 1.165) is 34.7 Å². The highest BCUT2D eigenvalue weighted by Gasteiger charge is 2.32. The zero-order valence-electron chi connectivity index (χ0n) is 19.9. The number of benzene rings is 2. The van der Waals surface area contributed by atoms with Gasteiger partial charge in [0.2, 0.25) is 5.91 Å². The first-order chi connectivity index (χ1) is 17.0. The van der Waals surface area contributed by atoms with E-state index in [4.69, 9.17) is 4.98 Å². The Morgan fingerprint density at radius 2 is 1.63 bits per heavy atom. The molecule has 0 spiro atoms. The van der Waals surface area contributed by atoms with Gasteiger partial charge in [0, 0.05) is 45.9 Å². The third-order valence-corrected chi connectivity index (χ3v) is 8.13. The number of rotatable bonds is 5. The second kappa shape index (κ2) is 9.51. The standard InChI is InChI=1S/C27H27N5O2S/c1-30-21-8-4-5-9-22(21)31(2)27(30)19(17-28)23(33)11-12-25(34)32-15-13-18(14-16-32)26-29-20-7-3-6-10-24(20)35-26/h3-10,18H,11-16H2,1-2H3. The van der Waals surface area contributed by atoms with Crippen LogP contribution in [-0.2, 0) is 9.59 Å². The molecule has 1 saturated heterocycles. The van der Waals surface area contributed by atoms with Gasteiger partial charge in [0.25, 0.3) is 0 Å². The van der Waals surface area contributed by atoms with Crippen LogP contribution < -0.4 is 9.80 Å². The van der Waals surface area contributed by atoms with E-state index in [1.165, 1.54) is 4.70 Å². The first kappa shape index (κ1) is 23.1. The molecule has 0 atom stereocenters. The molecule has 8 heteroatoms. The zero-order chi connectivity index (χ0) is 24.5. The fraction of sp³-hybridized carbons (Fsp3) is 0.333. The number of allylic oxidation sites excluding steroid dienone is 1. The molecule has 1 amide bonds. The van der Waals surface area contributed by atoms with Gasteiger partial charge in [-0.2, -0.15) is 5.26 Å². The van der Waals surface area contributed by atoms with Crippen molar-refractivity contribution >= 4 is 44.6 Å². The highest BCUT2D eigenvalue weighted by Crippen LogP contribution is 2.40. The van der Waals surface area contributed by atoms with Gasteiger partial charge < -0.3 is 14.7 Å². The number of carbonyl (C=O) groups is 2. The lowest BCUT2D eigenvalue weighted by Crippen LogP contribution is -2.38. The number of aromatic nitrogens is 1. The van der Waals surface area contributed by atoms with Crippen LogP contribution in [0.15, 0.2) is 59.9 Å². The van der Waals surface area contributed by atoms with E-state index in [2.05, 4.69) is 12.1 Å². The number of ketones is 1. The van der Waals surface area contributed by atoms with E-state index in [9.17, 15) is 14.9 Å². The summed E-state index contributed by atoms with van der Waals surface area (Å²) in [6.45, 7) is 1.33. The van der Waals surface area contributed by atoms with Gasteiger partial charge in [-0.1, -0.05) is 24.3 Å². The Morgan fingerprint density at radius 1 is 1.00 bits per heavy atom. The predicted molar refractivity (Wildman–Crippen MR) is 138 cm³/mol. The largest absolute Gasteiger partial charge is 0.343 e. The summed E-state index contributed by atoms with van der Waals surface area (Å²) in [7, 11) is 3.70. The number of Topliss-reactive ketones (excluding diaryl/α,β-unsaturated/α-hetero) is 1. The molecule has 2 aromatic carbocycles. The molecular weight excluding hydrogens is 458 g/mol. The van der Waals surface area contributed by atoms with Gasteiger partial charge in [-0.15, -0.1) is 11.3 Å². The number of nitrogens with zero attached hydrogens (tertiary/aromatic N) is 5. The van der Waals surface area contributed by atoms with Crippen LogP contribution in [0, 0.1) is 11.3 Å². The Morgan fingerprint density at radius 3 is 2.26 bits per heavy atom. The molecule has 35 heavy (non-hydrogen) atoms. The Labute approximate surface area is 208 Å². The molecule has 3 heterocycles. The summed E-state index contributed by atoms with van der Waals surface area (Å²) >= 11 is 1.74. The summed E-state index contributed by atoms with van der Waals surface area (Å²) in [5.41, 5.74) is 3.01. The Bertz CT molecular complexity index is 1300. The summed E-state index contributed by atoms with van der Waals surface area (Å²) in [5.74, 6) is 0.595. The summed E-state index contributed by atoms with van der Waals surface area (Å²) in [6.07, 6.45) is 1.90. The molecule has 0 saturated carbocycles. The lowest BCUT2D eigenvalue weighted by atomic mass is 9.97. The van der Waals surface area contributed by atoms with Crippen molar-refractivity contribution in [3.63, 3.8) is 0 Å². The van der Waals surface area contributed by atoms with Crippen LogP contribution in [0.5, 0.6) is 0 Å². The smallest absolute Gasteiger partial charge is 0.223 e. The van der Waals surface area contributed by atoms with E-state index in [0.29, 0.717) is 24.8 Å². The minimum Gasteiger partial charge on any atom is -0.343 e. The topological polar surface area (TPSA) is 80.5 Å². The van der Waals surface area contributed by atoms with E-state index in [1.807, 2.05) is 71.3 Å². The van der Waals surface area contributed by atoms with Crippen LogP contribution in [0.3, 0.4) is 0 Å². The van der Waals surface area contributed by atoms with E-state index < -0.39 is 0 Å². The summed E-state index contributed by atoms with van der Waals surface area (Å²) in [5, 5.41) is 10.9. The van der Waals surface area contributed by atoms with Crippen LogP contribution in [-0.4, -0.2) is 48.8 Å². The maximum Gasteiger partial charge on any atom is 0.223 e. The van der Waals surface area contributed by atoms with Crippen molar-refractivity contribution < 1.29 is 9.59 Å². The molecule has 3 aromatic rings. The van der Waals surface area contributed by atoms with Crippen LogP contribution >= 0.6 is 11.3 Å². The highest BCUT2D eigenvalue weighted by atomic mass is 32.1. The lowest BCUT2D eigenvalue weighted by molar-refractivity contribution is -0.133. The van der Waals surface area contributed by atoms with Crippen molar-refractivity contribution in [1.82, 2.24) is 9.88 Å². The Hall–Kier alpha value is -3.70. The fourth-order valence-corrected chi connectivity index (χ4v) is 6.14. The Balaban J connectivity index is 1.19. The predicted octanol–water partition coefficient (Wildman–Crippen LogP) is 4.67. The van der Waals surface area contributed by atoms with Crippen molar-refractivity contribution in [2.45, 2.75) is 31.6 Å². The van der Waals surface area contributed by atoms with Gasteiger partial charge >= 0.3 is 0 Å². The maximum absolute atomic E-state index is 13.0. The second-order valence-electron chi connectivity index (χ2n) is 9.02. The van der Waals surface area contributed by atoms with Crippen LogP contribution in [0.2, 0.25) is 0 Å². The number of hydrogen-bond acceptors (Lipinski definition) is 7. The molecule has 0 N–H and O–H groups in total. The number of likely N-dealkylation sites (tertiary alicyclic amines) is 1. The van der Waals surface area contributed by atoms with Crippen molar-refractivity contribution in [3.8, 4) is 6.07 Å². The molecule has 2 aliphatic heterocycles. The van der Waals surface area contributed by atoms with Crippen molar-refractivity contribution in [2.24, 2.45) is 0 Å². The number of carbonyl (C=O) groups excluding carboxylic acids is 2. The molecule has 1 fully saturated rings.